The number of carbonyl (C=O) groups excluding carboxylic acids is 1. The zero-order valence-corrected chi connectivity index (χ0v) is 12.8. The summed E-state index contributed by atoms with van der Waals surface area (Å²) in [6.07, 6.45) is 0. The number of nitrogens with one attached hydrogen (secondary N) is 1. The largest absolute Gasteiger partial charge is 0.397 e. The van der Waals surface area contributed by atoms with Gasteiger partial charge in [0.05, 0.1) is 17.9 Å². The highest BCUT2D eigenvalue weighted by molar-refractivity contribution is 7.10. The Hall–Kier alpha value is -2.01. The Labute approximate surface area is 123 Å². The van der Waals surface area contributed by atoms with Gasteiger partial charge in [0.25, 0.3) is 5.91 Å². The lowest BCUT2D eigenvalue weighted by molar-refractivity contribution is 0.0951. The standard InChI is InChI=1S/C15H19N3OS/c1-10-6-7-20-14(10)9-17-15(19)11-4-5-13(18(2)3)12(16)8-11/h4-8H,9,16H2,1-3H3,(H,17,19). The van der Waals surface area contributed by atoms with Gasteiger partial charge in [0.15, 0.2) is 0 Å². The Morgan fingerprint density at radius 2 is 2.10 bits per heavy atom. The van der Waals surface area contributed by atoms with Gasteiger partial charge in [0.1, 0.15) is 0 Å². The lowest BCUT2D eigenvalue weighted by Crippen LogP contribution is -2.23. The molecule has 20 heavy (non-hydrogen) atoms. The minimum absolute atomic E-state index is 0.102. The molecule has 0 spiro atoms. The van der Waals surface area contributed by atoms with Crippen molar-refractivity contribution in [3.8, 4) is 0 Å². The summed E-state index contributed by atoms with van der Waals surface area (Å²) < 4.78 is 0. The average Bonchev–Trinajstić information content (AvgIpc) is 2.81. The van der Waals surface area contributed by atoms with Crippen molar-refractivity contribution in [2.75, 3.05) is 24.7 Å². The van der Waals surface area contributed by atoms with Crippen LogP contribution in [0.25, 0.3) is 0 Å². The Morgan fingerprint density at radius 1 is 1.35 bits per heavy atom. The number of thiophene rings is 1. The van der Waals surface area contributed by atoms with Crippen LogP contribution >= 0.6 is 11.3 Å². The van der Waals surface area contributed by atoms with Crippen LogP contribution < -0.4 is 16.0 Å². The predicted molar refractivity (Wildman–Crippen MR) is 85.4 cm³/mol. The minimum Gasteiger partial charge on any atom is -0.397 e. The maximum absolute atomic E-state index is 12.1. The lowest BCUT2D eigenvalue weighted by Gasteiger charge is -2.15. The molecule has 0 fully saturated rings. The molecule has 0 aliphatic heterocycles. The summed E-state index contributed by atoms with van der Waals surface area (Å²) in [5.41, 5.74) is 9.27. The zero-order chi connectivity index (χ0) is 14.7. The van der Waals surface area contributed by atoms with Crippen LogP contribution in [0.4, 0.5) is 11.4 Å². The number of nitrogens with zero attached hydrogens (tertiary/aromatic N) is 1. The van der Waals surface area contributed by atoms with Crippen LogP contribution in [0.3, 0.4) is 0 Å². The van der Waals surface area contributed by atoms with Gasteiger partial charge in [-0.25, -0.2) is 0 Å². The van der Waals surface area contributed by atoms with Crippen molar-refractivity contribution in [1.29, 1.82) is 0 Å². The Bertz CT molecular complexity index is 619. The Morgan fingerprint density at radius 3 is 2.65 bits per heavy atom. The number of hydrogen-bond donors (Lipinski definition) is 2. The van der Waals surface area contributed by atoms with Crippen molar-refractivity contribution >= 4 is 28.6 Å². The van der Waals surface area contributed by atoms with Gasteiger partial charge >= 0.3 is 0 Å². The van der Waals surface area contributed by atoms with E-state index in [4.69, 9.17) is 5.73 Å². The number of aryl methyl sites for hydroxylation is 1. The molecule has 3 N–H and O–H groups in total. The van der Waals surface area contributed by atoms with Crippen LogP contribution in [-0.2, 0) is 6.54 Å². The molecule has 1 aromatic heterocycles. The van der Waals surface area contributed by atoms with Gasteiger partial charge in [0.2, 0.25) is 0 Å². The van der Waals surface area contributed by atoms with Crippen LogP contribution in [0.15, 0.2) is 29.6 Å². The molecule has 2 aromatic rings. The minimum atomic E-state index is -0.102. The van der Waals surface area contributed by atoms with Gasteiger partial charge in [0, 0.05) is 24.5 Å². The van der Waals surface area contributed by atoms with E-state index in [9.17, 15) is 4.79 Å². The smallest absolute Gasteiger partial charge is 0.251 e. The predicted octanol–water partition coefficient (Wildman–Crippen LogP) is 2.63. The molecule has 4 nitrogen and oxygen atoms in total. The van der Waals surface area contributed by atoms with Crippen LogP contribution in [0.1, 0.15) is 20.8 Å². The maximum atomic E-state index is 12.1. The summed E-state index contributed by atoms with van der Waals surface area (Å²) in [5, 5.41) is 4.95. The third-order valence-electron chi connectivity index (χ3n) is 3.15. The SMILES string of the molecule is Cc1ccsc1CNC(=O)c1ccc(N(C)C)c(N)c1. The van der Waals surface area contributed by atoms with Gasteiger partial charge in [-0.3, -0.25) is 4.79 Å². The summed E-state index contributed by atoms with van der Waals surface area (Å²) in [4.78, 5) is 15.2. The molecule has 0 atom stereocenters. The highest BCUT2D eigenvalue weighted by Crippen LogP contribution is 2.22. The molecule has 1 aromatic carbocycles. The number of benzene rings is 1. The van der Waals surface area contributed by atoms with Gasteiger partial charge in [-0.2, -0.15) is 0 Å². The quantitative estimate of drug-likeness (QED) is 0.851. The van der Waals surface area contributed by atoms with E-state index in [2.05, 4.69) is 11.4 Å². The van der Waals surface area contributed by atoms with E-state index in [-0.39, 0.29) is 5.91 Å². The molecule has 0 saturated heterocycles. The number of hydrogen-bond acceptors (Lipinski definition) is 4. The molecule has 0 radical (unpaired) electrons. The second-order valence-corrected chi connectivity index (χ2v) is 5.88. The third kappa shape index (κ3) is 3.11. The fourth-order valence-electron chi connectivity index (χ4n) is 1.95. The second-order valence-electron chi connectivity index (χ2n) is 4.88. The van der Waals surface area contributed by atoms with Crippen molar-refractivity contribution in [2.24, 2.45) is 0 Å². The average molecular weight is 289 g/mol. The molecule has 0 aliphatic rings. The number of carbonyl (C=O) groups is 1. The summed E-state index contributed by atoms with van der Waals surface area (Å²) in [7, 11) is 3.84. The van der Waals surface area contributed by atoms with E-state index in [0.29, 0.717) is 17.8 Å². The number of amides is 1. The third-order valence-corrected chi connectivity index (χ3v) is 4.17. The first kappa shape index (κ1) is 14.4. The van der Waals surface area contributed by atoms with Crippen molar-refractivity contribution in [1.82, 2.24) is 5.32 Å². The number of anilines is 2. The summed E-state index contributed by atoms with van der Waals surface area (Å²) in [5.74, 6) is -0.102. The van der Waals surface area contributed by atoms with E-state index in [1.54, 1.807) is 23.5 Å². The zero-order valence-electron chi connectivity index (χ0n) is 11.9. The molecule has 5 heteroatoms. The molecule has 1 amide bonds. The van der Waals surface area contributed by atoms with Crippen LogP contribution in [0, 0.1) is 6.92 Å². The highest BCUT2D eigenvalue weighted by Gasteiger charge is 2.10. The van der Waals surface area contributed by atoms with E-state index in [0.717, 1.165) is 5.69 Å². The Kier molecular flexibility index (Phi) is 4.29. The molecule has 0 aliphatic carbocycles. The Balaban J connectivity index is 2.06. The maximum Gasteiger partial charge on any atom is 0.251 e. The van der Waals surface area contributed by atoms with E-state index in [1.807, 2.05) is 37.4 Å². The fourth-order valence-corrected chi connectivity index (χ4v) is 2.80. The number of nitrogens with two attached hydrogens (primary N) is 1. The van der Waals surface area contributed by atoms with Crippen molar-refractivity contribution in [3.05, 3.63) is 45.6 Å². The van der Waals surface area contributed by atoms with Crippen LogP contribution in [0.2, 0.25) is 0 Å². The lowest BCUT2D eigenvalue weighted by atomic mass is 10.1. The first-order chi connectivity index (χ1) is 9.49. The first-order valence-corrected chi connectivity index (χ1v) is 7.25. The summed E-state index contributed by atoms with van der Waals surface area (Å²) in [6.45, 7) is 2.60. The summed E-state index contributed by atoms with van der Waals surface area (Å²) >= 11 is 1.65. The van der Waals surface area contributed by atoms with E-state index >= 15 is 0 Å². The van der Waals surface area contributed by atoms with E-state index < -0.39 is 0 Å². The fraction of sp³-hybridized carbons (Fsp3) is 0.267. The topological polar surface area (TPSA) is 58.4 Å². The molecular formula is C15H19N3OS. The second kappa shape index (κ2) is 5.96. The highest BCUT2D eigenvalue weighted by atomic mass is 32.1. The van der Waals surface area contributed by atoms with Gasteiger partial charge in [-0.1, -0.05) is 0 Å². The molecule has 1 heterocycles. The molecule has 0 bridgehead atoms. The van der Waals surface area contributed by atoms with Gasteiger partial charge in [-0.05, 0) is 42.1 Å². The molecule has 0 saturated carbocycles. The molecular weight excluding hydrogens is 270 g/mol. The molecule has 2 rings (SSSR count). The van der Waals surface area contributed by atoms with Crippen LogP contribution in [-0.4, -0.2) is 20.0 Å². The normalized spacial score (nSPS) is 10.3. The van der Waals surface area contributed by atoms with Crippen molar-refractivity contribution in [2.45, 2.75) is 13.5 Å². The van der Waals surface area contributed by atoms with Gasteiger partial charge < -0.3 is 16.0 Å². The van der Waals surface area contributed by atoms with Crippen molar-refractivity contribution in [3.63, 3.8) is 0 Å². The summed E-state index contributed by atoms with van der Waals surface area (Å²) in [6, 6.07) is 7.42. The molecule has 0 unspecified atom stereocenters. The molecule has 106 valence electrons. The number of rotatable bonds is 4. The van der Waals surface area contributed by atoms with Crippen molar-refractivity contribution < 1.29 is 4.79 Å². The first-order valence-electron chi connectivity index (χ1n) is 6.37. The monoisotopic (exact) mass is 289 g/mol. The number of nitrogen functional groups attached to an aromatic ring is 1. The van der Waals surface area contributed by atoms with Gasteiger partial charge in [-0.15, -0.1) is 11.3 Å². The van der Waals surface area contributed by atoms with E-state index in [1.165, 1.54) is 10.4 Å². The van der Waals surface area contributed by atoms with Crippen LogP contribution in [0.5, 0.6) is 0 Å².